The summed E-state index contributed by atoms with van der Waals surface area (Å²) in [5, 5.41) is 20.7. The number of nitrogens with one attached hydrogen (secondary N) is 1. The van der Waals surface area contributed by atoms with Gasteiger partial charge in [0, 0.05) is 19.5 Å². The lowest BCUT2D eigenvalue weighted by Crippen LogP contribution is -2.43. The van der Waals surface area contributed by atoms with Gasteiger partial charge in [0.1, 0.15) is 24.5 Å². The summed E-state index contributed by atoms with van der Waals surface area (Å²) in [6, 6.07) is 12.0. The topological polar surface area (TPSA) is 116 Å². The molecule has 1 heterocycles. The van der Waals surface area contributed by atoms with E-state index in [0.29, 0.717) is 5.56 Å². The van der Waals surface area contributed by atoms with Crippen molar-refractivity contribution in [2.24, 2.45) is 0 Å². The van der Waals surface area contributed by atoms with Gasteiger partial charge in [-0.1, -0.05) is 35.9 Å². The zero-order valence-electron chi connectivity index (χ0n) is 17.4. The largest absolute Gasteiger partial charge is 0.511 e. The molecule has 2 aromatic rings. The van der Waals surface area contributed by atoms with Crippen molar-refractivity contribution in [3.8, 4) is 5.75 Å². The molecule has 0 saturated heterocycles. The highest BCUT2D eigenvalue weighted by Gasteiger charge is 2.32. The van der Waals surface area contributed by atoms with Crippen LogP contribution in [0.5, 0.6) is 5.75 Å². The third-order valence-corrected chi connectivity index (χ3v) is 4.92. The van der Waals surface area contributed by atoms with Crippen molar-refractivity contribution < 1.29 is 33.7 Å². The highest BCUT2D eigenvalue weighted by Crippen LogP contribution is 2.23. The van der Waals surface area contributed by atoms with Crippen LogP contribution in [0, 0.1) is 12.7 Å². The zero-order valence-corrected chi connectivity index (χ0v) is 17.4. The Hall–Kier alpha value is -3.88. The number of rotatable bonds is 8. The van der Waals surface area contributed by atoms with Crippen LogP contribution < -0.4 is 10.1 Å². The Bertz CT molecular complexity index is 1060. The number of carbonyl (C=O) groups excluding carboxylic acids is 2. The standard InChI is InChI=1S/C23H23FN2O6/c1-14-2-4-15(5-3-14)13-32-19-7-6-16(10-17(19)24)12-26-9-8-18(27)21(23(26)31)22(30)25-11-20(28)29/h2-7,10,27H,8-9,11-13H2,1H3,(H,25,30)(H,28,29). The Morgan fingerprint density at radius 2 is 1.84 bits per heavy atom. The molecule has 2 amide bonds. The van der Waals surface area contributed by atoms with Gasteiger partial charge < -0.3 is 25.2 Å². The lowest BCUT2D eigenvalue weighted by atomic mass is 10.0. The molecule has 2 aromatic carbocycles. The maximum atomic E-state index is 14.5. The lowest BCUT2D eigenvalue weighted by Gasteiger charge is -2.28. The third kappa shape index (κ3) is 5.63. The van der Waals surface area contributed by atoms with Crippen molar-refractivity contribution >= 4 is 17.8 Å². The molecule has 9 heteroatoms. The molecule has 0 fully saturated rings. The van der Waals surface area contributed by atoms with E-state index in [1.54, 1.807) is 6.07 Å². The minimum absolute atomic E-state index is 0.0109. The van der Waals surface area contributed by atoms with Crippen molar-refractivity contribution in [1.29, 1.82) is 0 Å². The van der Waals surface area contributed by atoms with Crippen molar-refractivity contribution in [3.05, 3.63) is 76.3 Å². The summed E-state index contributed by atoms with van der Waals surface area (Å²) in [6.45, 7) is 1.64. The minimum Gasteiger partial charge on any atom is -0.511 e. The Morgan fingerprint density at radius 3 is 2.50 bits per heavy atom. The molecule has 8 nitrogen and oxygen atoms in total. The molecular formula is C23H23FN2O6. The molecule has 3 rings (SSSR count). The molecule has 0 unspecified atom stereocenters. The first-order valence-electron chi connectivity index (χ1n) is 9.92. The number of hydrogen-bond donors (Lipinski definition) is 3. The van der Waals surface area contributed by atoms with Crippen molar-refractivity contribution in [2.45, 2.75) is 26.5 Å². The molecule has 0 radical (unpaired) electrons. The fraction of sp³-hybridized carbons (Fsp3) is 0.261. The molecule has 0 bridgehead atoms. The van der Waals surface area contributed by atoms with E-state index in [4.69, 9.17) is 9.84 Å². The van der Waals surface area contributed by atoms with E-state index in [9.17, 15) is 23.9 Å². The molecule has 3 N–H and O–H groups in total. The molecule has 0 atom stereocenters. The molecule has 1 aliphatic heterocycles. The zero-order chi connectivity index (χ0) is 23.3. The van der Waals surface area contributed by atoms with Gasteiger partial charge in [0.05, 0.1) is 0 Å². The van der Waals surface area contributed by atoms with E-state index < -0.39 is 41.5 Å². The maximum absolute atomic E-state index is 14.5. The average molecular weight is 442 g/mol. The number of halogens is 1. The number of nitrogens with zero attached hydrogens (tertiary/aromatic N) is 1. The number of amides is 2. The molecule has 32 heavy (non-hydrogen) atoms. The van der Waals surface area contributed by atoms with Crippen molar-refractivity contribution in [3.63, 3.8) is 0 Å². The molecule has 1 aliphatic rings. The van der Waals surface area contributed by atoms with Gasteiger partial charge in [-0.15, -0.1) is 0 Å². The Kier molecular flexibility index (Phi) is 7.09. The fourth-order valence-electron chi connectivity index (χ4n) is 3.20. The summed E-state index contributed by atoms with van der Waals surface area (Å²) >= 11 is 0. The number of aryl methyl sites for hydroxylation is 1. The quantitative estimate of drug-likeness (QED) is 0.541. The molecule has 168 valence electrons. The van der Waals surface area contributed by atoms with Crippen LogP contribution in [0.2, 0.25) is 0 Å². The predicted octanol–water partition coefficient (Wildman–Crippen LogP) is 2.46. The molecule has 0 aliphatic carbocycles. The summed E-state index contributed by atoms with van der Waals surface area (Å²) in [7, 11) is 0. The van der Waals surface area contributed by atoms with Crippen LogP contribution in [-0.4, -0.2) is 46.0 Å². The summed E-state index contributed by atoms with van der Waals surface area (Å²) in [6.07, 6.45) is 0.0296. The summed E-state index contributed by atoms with van der Waals surface area (Å²) in [4.78, 5) is 36.7. The Labute approximate surface area is 183 Å². The van der Waals surface area contributed by atoms with Crippen molar-refractivity contribution in [1.82, 2.24) is 10.2 Å². The first kappa shape index (κ1) is 22.8. The van der Waals surface area contributed by atoms with E-state index >= 15 is 0 Å². The van der Waals surface area contributed by atoms with Gasteiger partial charge in [0.15, 0.2) is 11.6 Å². The van der Waals surface area contributed by atoms with Crippen LogP contribution in [0.1, 0.15) is 23.1 Å². The van der Waals surface area contributed by atoms with Crippen LogP contribution in [-0.2, 0) is 27.5 Å². The van der Waals surface area contributed by atoms with E-state index in [1.807, 2.05) is 31.2 Å². The van der Waals surface area contributed by atoms with Gasteiger partial charge in [0.2, 0.25) is 0 Å². The van der Waals surface area contributed by atoms with Gasteiger partial charge in [-0.2, -0.15) is 0 Å². The highest BCUT2D eigenvalue weighted by atomic mass is 19.1. The van der Waals surface area contributed by atoms with Crippen LogP contribution in [0.4, 0.5) is 4.39 Å². The van der Waals surface area contributed by atoms with Gasteiger partial charge in [0.25, 0.3) is 11.8 Å². The molecular weight excluding hydrogens is 419 g/mol. The van der Waals surface area contributed by atoms with E-state index in [2.05, 4.69) is 5.32 Å². The number of aliphatic hydroxyl groups is 1. The first-order chi connectivity index (χ1) is 15.2. The summed E-state index contributed by atoms with van der Waals surface area (Å²) in [5.41, 5.74) is 1.99. The average Bonchev–Trinajstić information content (AvgIpc) is 2.75. The second-order valence-corrected chi connectivity index (χ2v) is 7.41. The minimum atomic E-state index is -1.28. The number of aliphatic hydroxyl groups excluding tert-OH is 1. The number of hydrogen-bond acceptors (Lipinski definition) is 5. The van der Waals surface area contributed by atoms with E-state index in [-0.39, 0.29) is 31.9 Å². The second-order valence-electron chi connectivity index (χ2n) is 7.41. The van der Waals surface area contributed by atoms with Crippen LogP contribution in [0.3, 0.4) is 0 Å². The maximum Gasteiger partial charge on any atom is 0.322 e. The van der Waals surface area contributed by atoms with Crippen LogP contribution in [0.25, 0.3) is 0 Å². The highest BCUT2D eigenvalue weighted by molar-refractivity contribution is 6.19. The Morgan fingerprint density at radius 1 is 1.16 bits per heavy atom. The SMILES string of the molecule is Cc1ccc(COc2ccc(CN3CCC(O)=C(C(=O)NCC(=O)O)C3=O)cc2F)cc1. The van der Waals surface area contributed by atoms with Gasteiger partial charge in [-0.05, 0) is 30.2 Å². The monoisotopic (exact) mass is 442 g/mol. The second kappa shape index (κ2) is 9.95. The van der Waals surface area contributed by atoms with Gasteiger partial charge >= 0.3 is 5.97 Å². The molecule has 0 aromatic heterocycles. The van der Waals surface area contributed by atoms with Crippen LogP contribution >= 0.6 is 0 Å². The number of carboxylic acid groups (broad SMARTS) is 1. The number of carbonyl (C=O) groups is 3. The van der Waals surface area contributed by atoms with Crippen LogP contribution in [0.15, 0.2) is 53.8 Å². The molecule has 0 spiro atoms. The normalized spacial score (nSPS) is 13.8. The van der Waals surface area contributed by atoms with Crippen molar-refractivity contribution in [2.75, 3.05) is 13.1 Å². The van der Waals surface area contributed by atoms with Gasteiger partial charge in [-0.25, -0.2) is 4.39 Å². The molecule has 0 saturated carbocycles. The van der Waals surface area contributed by atoms with E-state index in [1.165, 1.54) is 17.0 Å². The summed E-state index contributed by atoms with van der Waals surface area (Å²) < 4.78 is 20.1. The predicted molar refractivity (Wildman–Crippen MR) is 112 cm³/mol. The van der Waals surface area contributed by atoms with Gasteiger partial charge in [-0.3, -0.25) is 14.4 Å². The first-order valence-corrected chi connectivity index (χ1v) is 9.92. The summed E-state index contributed by atoms with van der Waals surface area (Å²) in [5.74, 6) is -3.91. The number of carboxylic acids is 1. The smallest absolute Gasteiger partial charge is 0.322 e. The number of benzene rings is 2. The number of ether oxygens (including phenoxy) is 1. The lowest BCUT2D eigenvalue weighted by molar-refractivity contribution is -0.138. The van der Waals surface area contributed by atoms with E-state index in [0.717, 1.165) is 11.1 Å². The third-order valence-electron chi connectivity index (χ3n) is 4.92. The number of aliphatic carboxylic acids is 1. The Balaban J connectivity index is 1.64. The fourth-order valence-corrected chi connectivity index (χ4v) is 3.20.